The molecule has 0 atom stereocenters. The summed E-state index contributed by atoms with van der Waals surface area (Å²) >= 11 is 0. The van der Waals surface area contributed by atoms with Crippen LogP contribution in [0.15, 0.2) is 146 Å². The van der Waals surface area contributed by atoms with Gasteiger partial charge >= 0.3 is 0 Å². The van der Waals surface area contributed by atoms with Crippen LogP contribution in [0.25, 0.3) is 54.6 Å². The van der Waals surface area contributed by atoms with E-state index in [0.717, 1.165) is 39.7 Å². The molecule has 0 radical (unpaired) electrons. The van der Waals surface area contributed by atoms with Crippen molar-refractivity contribution in [2.75, 3.05) is 4.90 Å². The number of hydrogen-bond acceptors (Lipinski definition) is 2. The van der Waals surface area contributed by atoms with Crippen molar-refractivity contribution in [2.24, 2.45) is 0 Å². The maximum Gasteiger partial charge on any atom is 0.154 e. The Balaban J connectivity index is 1.14. The van der Waals surface area contributed by atoms with Gasteiger partial charge in [-0.25, -0.2) is 0 Å². The molecule has 8 aromatic carbocycles. The van der Waals surface area contributed by atoms with E-state index in [9.17, 15) is 0 Å². The summed E-state index contributed by atoms with van der Waals surface area (Å²) < 4.78 is 6.78. The third-order valence-corrected chi connectivity index (χ3v) is 10.7. The van der Waals surface area contributed by atoms with Gasteiger partial charge in [-0.05, 0) is 115 Å². The third kappa shape index (κ3) is 3.74. The summed E-state index contributed by atoms with van der Waals surface area (Å²) in [6.07, 6.45) is 0. The zero-order valence-electron chi connectivity index (χ0n) is 27.2. The van der Waals surface area contributed by atoms with Crippen LogP contribution in [0.3, 0.4) is 0 Å². The van der Waals surface area contributed by atoms with Gasteiger partial charge < -0.3 is 9.64 Å². The van der Waals surface area contributed by atoms with Crippen molar-refractivity contribution in [1.29, 1.82) is 0 Å². The maximum absolute atomic E-state index is 6.78. The lowest BCUT2D eigenvalue weighted by Crippen LogP contribution is -2.18. The minimum atomic E-state index is -0.0814. The van der Waals surface area contributed by atoms with Crippen LogP contribution in [0, 0.1) is 6.92 Å². The monoisotopic (exact) mass is 615 g/mol. The number of benzene rings is 8. The summed E-state index contributed by atoms with van der Waals surface area (Å²) in [5.41, 5.74) is 12.0. The summed E-state index contributed by atoms with van der Waals surface area (Å²) in [5.74, 6) is 1.77. The molecule has 10 rings (SSSR count). The van der Waals surface area contributed by atoms with Crippen LogP contribution in [0.2, 0.25) is 0 Å². The topological polar surface area (TPSA) is 12.5 Å². The molecule has 0 bridgehead atoms. The number of ether oxygens (including phenoxy) is 1. The van der Waals surface area contributed by atoms with Crippen molar-refractivity contribution in [3.8, 4) is 33.8 Å². The van der Waals surface area contributed by atoms with Gasteiger partial charge in [-0.3, -0.25) is 0 Å². The predicted molar refractivity (Wildman–Crippen MR) is 201 cm³/mol. The van der Waals surface area contributed by atoms with Crippen molar-refractivity contribution in [2.45, 2.75) is 26.2 Å². The Labute approximate surface area is 280 Å². The first-order valence-electron chi connectivity index (χ1n) is 16.8. The van der Waals surface area contributed by atoms with E-state index in [0.29, 0.717) is 0 Å². The fourth-order valence-corrected chi connectivity index (χ4v) is 8.34. The molecule has 2 nitrogen and oxygen atoms in total. The molecule has 0 aromatic heterocycles. The average molecular weight is 616 g/mol. The standard InChI is InChI=1S/C46H33NO/c1-28-11-10-18-43-45(28)48-44-26-30(29-19-22-36-34-14-5-4-12-32(34)33-13-6-7-15-35(33)39(36)25-29)20-24-42(44)47(43)31-21-23-38-37-16-8-9-17-40(37)46(2,3)41(38)27-31/h4-27H,1-3H3. The summed E-state index contributed by atoms with van der Waals surface area (Å²) in [6, 6.07) is 53.3. The molecule has 1 aliphatic heterocycles. The zero-order valence-corrected chi connectivity index (χ0v) is 27.2. The Hall–Kier alpha value is -5.86. The maximum atomic E-state index is 6.78. The van der Waals surface area contributed by atoms with Crippen LogP contribution < -0.4 is 9.64 Å². The van der Waals surface area contributed by atoms with E-state index in [1.165, 1.54) is 60.1 Å². The second-order valence-electron chi connectivity index (χ2n) is 13.8. The lowest BCUT2D eigenvalue weighted by atomic mass is 9.82. The van der Waals surface area contributed by atoms with Crippen LogP contribution in [-0.2, 0) is 5.41 Å². The quantitative estimate of drug-likeness (QED) is 0.179. The van der Waals surface area contributed by atoms with E-state index in [1.807, 2.05) is 0 Å². The predicted octanol–water partition coefficient (Wildman–Crippen LogP) is 13.0. The lowest BCUT2D eigenvalue weighted by Gasteiger charge is -2.34. The lowest BCUT2D eigenvalue weighted by molar-refractivity contribution is 0.473. The van der Waals surface area contributed by atoms with Crippen LogP contribution >= 0.6 is 0 Å². The normalized spacial score (nSPS) is 14.0. The zero-order chi connectivity index (χ0) is 32.1. The van der Waals surface area contributed by atoms with Crippen molar-refractivity contribution >= 4 is 49.4 Å². The molecule has 2 aliphatic rings. The number of rotatable bonds is 2. The summed E-state index contributed by atoms with van der Waals surface area (Å²) in [4.78, 5) is 2.38. The van der Waals surface area contributed by atoms with Crippen LogP contribution in [-0.4, -0.2) is 0 Å². The van der Waals surface area contributed by atoms with Crippen molar-refractivity contribution in [3.05, 3.63) is 162 Å². The molecule has 0 N–H and O–H groups in total. The highest BCUT2D eigenvalue weighted by molar-refractivity contribution is 6.25. The van der Waals surface area contributed by atoms with Gasteiger partial charge in [0, 0.05) is 11.1 Å². The minimum absolute atomic E-state index is 0.0814. The van der Waals surface area contributed by atoms with Gasteiger partial charge in [-0.15, -0.1) is 0 Å². The highest BCUT2D eigenvalue weighted by Crippen LogP contribution is 2.55. The van der Waals surface area contributed by atoms with Crippen LogP contribution in [0.4, 0.5) is 17.1 Å². The summed E-state index contributed by atoms with van der Waals surface area (Å²) in [5, 5.41) is 7.69. The van der Waals surface area contributed by atoms with Crippen molar-refractivity contribution in [1.82, 2.24) is 0 Å². The van der Waals surface area contributed by atoms with Gasteiger partial charge in [0.25, 0.3) is 0 Å². The molecular formula is C46H33NO. The molecule has 0 saturated heterocycles. The average Bonchev–Trinajstić information content (AvgIpc) is 3.36. The SMILES string of the molecule is Cc1cccc2c1Oc1cc(-c3ccc4c5ccccc5c5ccccc5c4c3)ccc1N2c1ccc2c(c1)C(C)(C)c1ccccc1-2. The molecular weight excluding hydrogens is 583 g/mol. The van der Waals surface area contributed by atoms with Crippen molar-refractivity contribution in [3.63, 3.8) is 0 Å². The molecule has 48 heavy (non-hydrogen) atoms. The van der Waals surface area contributed by atoms with Gasteiger partial charge in [-0.2, -0.15) is 0 Å². The first-order chi connectivity index (χ1) is 23.5. The van der Waals surface area contributed by atoms with Crippen molar-refractivity contribution < 1.29 is 4.74 Å². The molecule has 0 saturated carbocycles. The van der Waals surface area contributed by atoms with E-state index in [1.54, 1.807) is 0 Å². The fraction of sp³-hybridized carbons (Fsp3) is 0.0870. The first-order valence-corrected chi connectivity index (χ1v) is 16.8. The van der Waals surface area contributed by atoms with Gasteiger partial charge in [-0.1, -0.05) is 123 Å². The molecule has 0 unspecified atom stereocenters. The molecule has 0 amide bonds. The minimum Gasteiger partial charge on any atom is -0.453 e. The Morgan fingerprint density at radius 1 is 0.479 bits per heavy atom. The largest absolute Gasteiger partial charge is 0.453 e. The molecule has 1 aliphatic carbocycles. The van der Waals surface area contributed by atoms with Gasteiger partial charge in [0.15, 0.2) is 11.5 Å². The number of aryl methyl sites for hydroxylation is 1. The highest BCUT2D eigenvalue weighted by Gasteiger charge is 2.36. The molecule has 228 valence electrons. The Kier molecular flexibility index (Phi) is 5.58. The number of fused-ring (bicyclic) bond motifs is 11. The van der Waals surface area contributed by atoms with E-state index in [-0.39, 0.29) is 5.41 Å². The second-order valence-corrected chi connectivity index (χ2v) is 13.8. The van der Waals surface area contributed by atoms with Gasteiger partial charge in [0.1, 0.15) is 0 Å². The Bertz CT molecular complexity index is 2610. The van der Waals surface area contributed by atoms with Gasteiger partial charge in [0.2, 0.25) is 0 Å². The van der Waals surface area contributed by atoms with E-state index >= 15 is 0 Å². The molecule has 0 fully saturated rings. The Morgan fingerprint density at radius 2 is 1.10 bits per heavy atom. The first kappa shape index (κ1) is 27.3. The van der Waals surface area contributed by atoms with E-state index < -0.39 is 0 Å². The van der Waals surface area contributed by atoms with Gasteiger partial charge in [0.05, 0.1) is 11.4 Å². The second kappa shape index (κ2) is 9.82. The Morgan fingerprint density at radius 3 is 1.88 bits per heavy atom. The number of nitrogens with zero attached hydrogens (tertiary/aromatic N) is 1. The molecule has 2 heteroatoms. The fourth-order valence-electron chi connectivity index (χ4n) is 8.34. The van der Waals surface area contributed by atoms with Crippen LogP contribution in [0.5, 0.6) is 11.5 Å². The van der Waals surface area contributed by atoms with E-state index in [4.69, 9.17) is 4.74 Å². The molecule has 1 heterocycles. The number of anilines is 3. The van der Waals surface area contributed by atoms with E-state index in [2.05, 4.69) is 171 Å². The molecule has 0 spiro atoms. The molecule has 8 aromatic rings. The smallest absolute Gasteiger partial charge is 0.154 e. The highest BCUT2D eigenvalue weighted by atomic mass is 16.5. The summed E-state index contributed by atoms with van der Waals surface area (Å²) in [7, 11) is 0. The third-order valence-electron chi connectivity index (χ3n) is 10.7. The summed E-state index contributed by atoms with van der Waals surface area (Å²) in [6.45, 7) is 6.82. The van der Waals surface area contributed by atoms with Crippen LogP contribution in [0.1, 0.15) is 30.5 Å². The number of hydrogen-bond donors (Lipinski definition) is 0. The number of para-hydroxylation sites is 1.